The molecule has 2 aromatic carbocycles. The summed E-state index contributed by atoms with van der Waals surface area (Å²) in [5.41, 5.74) is -1.32. The van der Waals surface area contributed by atoms with E-state index in [0.717, 1.165) is 6.07 Å². The standard InChI is InChI=1S/C20H16ClF3N2O4/c1-12(27)25-17(9-13-5-3-2-4-6-13)19(29)30-11-18(28)26-16-8-7-14(21)10-15(16)20(22,23)24/h2-10H,11H2,1H3,(H,25,27)(H,26,28)/b17-9+. The first-order chi connectivity index (χ1) is 14.1. The van der Waals surface area contributed by atoms with Crippen LogP contribution in [0.1, 0.15) is 18.1 Å². The lowest BCUT2D eigenvalue weighted by atomic mass is 10.1. The average Bonchev–Trinajstić information content (AvgIpc) is 2.66. The Bertz CT molecular complexity index is 976. The van der Waals surface area contributed by atoms with Gasteiger partial charge in [0.25, 0.3) is 5.91 Å². The number of carbonyl (C=O) groups excluding carboxylic acids is 3. The highest BCUT2D eigenvalue weighted by Crippen LogP contribution is 2.36. The first-order valence-corrected chi connectivity index (χ1v) is 8.82. The van der Waals surface area contributed by atoms with Crippen molar-refractivity contribution in [2.75, 3.05) is 11.9 Å². The lowest BCUT2D eigenvalue weighted by Gasteiger charge is -2.14. The largest absolute Gasteiger partial charge is 0.451 e. The van der Waals surface area contributed by atoms with Crippen LogP contribution in [-0.4, -0.2) is 24.4 Å². The Morgan fingerprint density at radius 2 is 1.77 bits per heavy atom. The number of benzene rings is 2. The van der Waals surface area contributed by atoms with E-state index in [1.807, 2.05) is 5.32 Å². The summed E-state index contributed by atoms with van der Waals surface area (Å²) in [6.45, 7) is 0.308. The smallest absolute Gasteiger partial charge is 0.418 e. The number of alkyl halides is 3. The van der Waals surface area contributed by atoms with Crippen LogP contribution in [0.15, 0.2) is 54.2 Å². The average molecular weight is 441 g/mol. The highest BCUT2D eigenvalue weighted by molar-refractivity contribution is 6.30. The molecule has 0 aliphatic heterocycles. The van der Waals surface area contributed by atoms with E-state index >= 15 is 0 Å². The molecule has 0 heterocycles. The number of esters is 1. The summed E-state index contributed by atoms with van der Waals surface area (Å²) in [5, 5.41) is 4.16. The van der Waals surface area contributed by atoms with Gasteiger partial charge in [-0.05, 0) is 29.8 Å². The zero-order valence-corrected chi connectivity index (χ0v) is 16.3. The number of amides is 2. The van der Waals surface area contributed by atoms with Gasteiger partial charge in [0, 0.05) is 11.9 Å². The van der Waals surface area contributed by atoms with E-state index in [2.05, 4.69) is 5.32 Å². The van der Waals surface area contributed by atoms with Crippen LogP contribution in [0.3, 0.4) is 0 Å². The summed E-state index contributed by atoms with van der Waals surface area (Å²) >= 11 is 5.58. The maximum Gasteiger partial charge on any atom is 0.418 e. The maximum absolute atomic E-state index is 13.1. The Labute approximate surface area is 174 Å². The van der Waals surface area contributed by atoms with Gasteiger partial charge >= 0.3 is 12.1 Å². The number of ether oxygens (including phenoxy) is 1. The van der Waals surface area contributed by atoms with Gasteiger partial charge in [0.1, 0.15) is 5.70 Å². The minimum absolute atomic E-state index is 0.155. The first-order valence-electron chi connectivity index (χ1n) is 8.44. The number of hydrogen-bond acceptors (Lipinski definition) is 4. The molecular formula is C20H16ClF3N2O4. The summed E-state index contributed by atoms with van der Waals surface area (Å²) in [6, 6.07) is 11.3. The monoisotopic (exact) mass is 440 g/mol. The van der Waals surface area contributed by atoms with E-state index in [0.29, 0.717) is 11.6 Å². The molecule has 0 aliphatic rings. The van der Waals surface area contributed by atoms with E-state index in [1.54, 1.807) is 30.3 Å². The van der Waals surface area contributed by atoms with Crippen LogP contribution in [0.2, 0.25) is 5.02 Å². The van der Waals surface area contributed by atoms with Gasteiger partial charge in [-0.2, -0.15) is 13.2 Å². The van der Waals surface area contributed by atoms with E-state index in [1.165, 1.54) is 19.1 Å². The predicted octanol–water partition coefficient (Wildman–Crippen LogP) is 4.02. The quantitative estimate of drug-likeness (QED) is 0.525. The van der Waals surface area contributed by atoms with Gasteiger partial charge in [-0.3, -0.25) is 9.59 Å². The number of anilines is 1. The van der Waals surface area contributed by atoms with Crippen molar-refractivity contribution in [1.29, 1.82) is 0 Å². The van der Waals surface area contributed by atoms with Gasteiger partial charge in [0.2, 0.25) is 5.91 Å². The zero-order chi connectivity index (χ0) is 22.3. The highest BCUT2D eigenvalue weighted by Gasteiger charge is 2.34. The zero-order valence-electron chi connectivity index (χ0n) is 15.5. The lowest BCUT2D eigenvalue weighted by Crippen LogP contribution is -2.29. The minimum Gasteiger partial charge on any atom is -0.451 e. The van der Waals surface area contributed by atoms with Crippen LogP contribution >= 0.6 is 11.6 Å². The van der Waals surface area contributed by atoms with E-state index in [4.69, 9.17) is 16.3 Å². The van der Waals surface area contributed by atoms with Crippen molar-refractivity contribution in [3.05, 3.63) is 70.4 Å². The van der Waals surface area contributed by atoms with Crippen molar-refractivity contribution in [3.63, 3.8) is 0 Å². The molecule has 30 heavy (non-hydrogen) atoms. The Kier molecular flexibility index (Phi) is 7.60. The van der Waals surface area contributed by atoms with Crippen LogP contribution < -0.4 is 10.6 Å². The van der Waals surface area contributed by atoms with Gasteiger partial charge in [0.15, 0.2) is 6.61 Å². The van der Waals surface area contributed by atoms with E-state index in [-0.39, 0.29) is 10.7 Å². The van der Waals surface area contributed by atoms with Crippen LogP contribution in [0.4, 0.5) is 18.9 Å². The molecule has 0 unspecified atom stereocenters. The van der Waals surface area contributed by atoms with Crippen molar-refractivity contribution < 1.29 is 32.3 Å². The fourth-order valence-corrected chi connectivity index (χ4v) is 2.48. The fraction of sp³-hybridized carbons (Fsp3) is 0.150. The van der Waals surface area contributed by atoms with Crippen molar-refractivity contribution in [2.45, 2.75) is 13.1 Å². The Balaban J connectivity index is 2.08. The summed E-state index contributed by atoms with van der Waals surface area (Å²) in [6.07, 6.45) is -3.41. The number of hydrogen-bond donors (Lipinski definition) is 2. The second-order valence-corrected chi connectivity index (χ2v) is 6.40. The van der Waals surface area contributed by atoms with Crippen molar-refractivity contribution >= 4 is 41.1 Å². The molecule has 0 aliphatic carbocycles. The van der Waals surface area contributed by atoms with E-state index in [9.17, 15) is 27.6 Å². The molecule has 2 aromatic rings. The van der Waals surface area contributed by atoms with Crippen molar-refractivity contribution in [3.8, 4) is 0 Å². The van der Waals surface area contributed by atoms with Crippen molar-refractivity contribution in [2.24, 2.45) is 0 Å². The molecule has 0 spiro atoms. The molecule has 0 radical (unpaired) electrons. The Morgan fingerprint density at radius 3 is 2.37 bits per heavy atom. The van der Waals surface area contributed by atoms with Crippen LogP contribution in [0.25, 0.3) is 6.08 Å². The second-order valence-electron chi connectivity index (χ2n) is 5.96. The number of rotatable bonds is 6. The van der Waals surface area contributed by atoms with Gasteiger partial charge in [-0.15, -0.1) is 0 Å². The van der Waals surface area contributed by atoms with Crippen LogP contribution in [0, 0.1) is 0 Å². The molecule has 6 nitrogen and oxygen atoms in total. The van der Waals surface area contributed by atoms with E-state index < -0.39 is 41.8 Å². The van der Waals surface area contributed by atoms with Gasteiger partial charge in [-0.25, -0.2) is 4.79 Å². The fourth-order valence-electron chi connectivity index (χ4n) is 2.31. The third-order valence-electron chi connectivity index (χ3n) is 3.54. The lowest BCUT2D eigenvalue weighted by molar-refractivity contribution is -0.144. The predicted molar refractivity (Wildman–Crippen MR) is 104 cm³/mol. The first kappa shape index (κ1) is 23.0. The minimum atomic E-state index is -4.75. The Morgan fingerprint density at radius 1 is 1.10 bits per heavy atom. The molecule has 158 valence electrons. The molecule has 10 heteroatoms. The molecule has 0 bridgehead atoms. The number of carbonyl (C=O) groups is 3. The van der Waals surface area contributed by atoms with Crippen LogP contribution in [-0.2, 0) is 25.3 Å². The molecule has 0 saturated heterocycles. The summed E-state index contributed by atoms with van der Waals surface area (Å²) < 4.78 is 44.1. The molecule has 2 amide bonds. The summed E-state index contributed by atoms with van der Waals surface area (Å²) in [5.74, 6) is -2.58. The van der Waals surface area contributed by atoms with Gasteiger partial charge in [-0.1, -0.05) is 41.9 Å². The number of nitrogens with one attached hydrogen (secondary N) is 2. The normalized spacial score (nSPS) is 11.6. The highest BCUT2D eigenvalue weighted by atomic mass is 35.5. The molecule has 2 rings (SSSR count). The molecule has 2 N–H and O–H groups in total. The molecule has 0 aromatic heterocycles. The topological polar surface area (TPSA) is 84.5 Å². The van der Waals surface area contributed by atoms with Gasteiger partial charge in [0.05, 0.1) is 11.3 Å². The molecule has 0 atom stereocenters. The van der Waals surface area contributed by atoms with Gasteiger partial charge < -0.3 is 15.4 Å². The summed E-state index contributed by atoms with van der Waals surface area (Å²) in [7, 11) is 0. The SMILES string of the molecule is CC(=O)N/C(=C/c1ccccc1)C(=O)OCC(=O)Nc1ccc(Cl)cc1C(F)(F)F. The summed E-state index contributed by atoms with van der Waals surface area (Å²) in [4.78, 5) is 35.5. The maximum atomic E-state index is 13.1. The van der Waals surface area contributed by atoms with Crippen molar-refractivity contribution in [1.82, 2.24) is 5.32 Å². The third-order valence-corrected chi connectivity index (χ3v) is 3.77. The van der Waals surface area contributed by atoms with Crippen LogP contribution in [0.5, 0.6) is 0 Å². The molecule has 0 fully saturated rings. The number of halogens is 4. The third kappa shape index (κ3) is 6.93. The second kappa shape index (κ2) is 9.93. The Hall–Kier alpha value is -3.33. The molecular weight excluding hydrogens is 425 g/mol. The molecule has 0 saturated carbocycles.